The molecule has 2 aromatic carbocycles. The Balaban J connectivity index is 1.59. The molecule has 0 unspecified atom stereocenters. The lowest BCUT2D eigenvalue weighted by molar-refractivity contribution is 0.370. The van der Waals surface area contributed by atoms with Gasteiger partial charge in [-0.15, -0.1) is 0 Å². The normalized spacial score (nSPS) is 20.7. The van der Waals surface area contributed by atoms with Gasteiger partial charge >= 0.3 is 0 Å². The smallest absolute Gasteiger partial charge is 0.128 e. The standard InChI is InChI=1S/C18H20FNO/c1-12-6-7-15(11-18(12)19)20-16-8-14(9-16)13-4-3-5-17(10-13)21-2/h3-7,10-11,14,16,20H,8-9H2,1-2H3. The van der Waals surface area contributed by atoms with Crippen LogP contribution in [0.1, 0.15) is 29.9 Å². The summed E-state index contributed by atoms with van der Waals surface area (Å²) in [4.78, 5) is 0. The Labute approximate surface area is 125 Å². The maximum absolute atomic E-state index is 13.5. The highest BCUT2D eigenvalue weighted by molar-refractivity contribution is 5.47. The summed E-state index contributed by atoms with van der Waals surface area (Å²) in [5.74, 6) is 1.32. The van der Waals surface area contributed by atoms with Crippen LogP contribution < -0.4 is 10.1 Å². The molecular formula is C18H20FNO. The van der Waals surface area contributed by atoms with Crippen LogP contribution in [0.15, 0.2) is 42.5 Å². The fourth-order valence-corrected chi connectivity index (χ4v) is 2.82. The molecule has 1 aliphatic carbocycles. The third-order valence-electron chi connectivity index (χ3n) is 4.25. The molecule has 21 heavy (non-hydrogen) atoms. The molecule has 110 valence electrons. The number of aryl methyl sites for hydroxylation is 1. The van der Waals surface area contributed by atoms with E-state index in [4.69, 9.17) is 4.74 Å². The fraction of sp³-hybridized carbons (Fsp3) is 0.333. The van der Waals surface area contributed by atoms with E-state index in [1.165, 1.54) is 5.56 Å². The number of hydrogen-bond acceptors (Lipinski definition) is 2. The second-order valence-electron chi connectivity index (χ2n) is 5.75. The van der Waals surface area contributed by atoms with Crippen molar-refractivity contribution in [3.63, 3.8) is 0 Å². The van der Waals surface area contributed by atoms with Crippen molar-refractivity contribution in [3.05, 3.63) is 59.4 Å². The lowest BCUT2D eigenvalue weighted by Gasteiger charge is -2.37. The van der Waals surface area contributed by atoms with Crippen LogP contribution in [0, 0.1) is 12.7 Å². The second-order valence-corrected chi connectivity index (χ2v) is 5.75. The summed E-state index contributed by atoms with van der Waals surface area (Å²) < 4.78 is 18.8. The Morgan fingerprint density at radius 2 is 1.95 bits per heavy atom. The highest BCUT2D eigenvalue weighted by atomic mass is 19.1. The highest BCUT2D eigenvalue weighted by Crippen LogP contribution is 2.39. The van der Waals surface area contributed by atoms with Crippen LogP contribution in [0.25, 0.3) is 0 Å². The molecule has 2 nitrogen and oxygen atoms in total. The molecule has 0 saturated heterocycles. The molecule has 3 rings (SSSR count). The van der Waals surface area contributed by atoms with Gasteiger partial charge < -0.3 is 10.1 Å². The minimum atomic E-state index is -0.149. The number of rotatable bonds is 4. The summed E-state index contributed by atoms with van der Waals surface area (Å²) in [6.07, 6.45) is 2.14. The van der Waals surface area contributed by atoms with Crippen molar-refractivity contribution in [1.82, 2.24) is 0 Å². The predicted molar refractivity (Wildman–Crippen MR) is 83.5 cm³/mol. The van der Waals surface area contributed by atoms with Gasteiger partial charge in [0.15, 0.2) is 0 Å². The topological polar surface area (TPSA) is 21.3 Å². The van der Waals surface area contributed by atoms with Crippen molar-refractivity contribution in [2.45, 2.75) is 31.7 Å². The first-order valence-corrected chi connectivity index (χ1v) is 7.32. The summed E-state index contributed by atoms with van der Waals surface area (Å²) in [5.41, 5.74) is 2.87. The minimum absolute atomic E-state index is 0.149. The summed E-state index contributed by atoms with van der Waals surface area (Å²) >= 11 is 0. The lowest BCUT2D eigenvalue weighted by Crippen LogP contribution is -2.34. The van der Waals surface area contributed by atoms with Crippen LogP contribution in [0.4, 0.5) is 10.1 Å². The van der Waals surface area contributed by atoms with Gasteiger partial charge in [-0.25, -0.2) is 4.39 Å². The van der Waals surface area contributed by atoms with Gasteiger partial charge in [-0.1, -0.05) is 18.2 Å². The number of hydrogen-bond donors (Lipinski definition) is 1. The minimum Gasteiger partial charge on any atom is -0.497 e. The predicted octanol–water partition coefficient (Wildman–Crippen LogP) is 4.50. The van der Waals surface area contributed by atoms with Crippen LogP contribution in [0.5, 0.6) is 5.75 Å². The van der Waals surface area contributed by atoms with Gasteiger partial charge in [0.2, 0.25) is 0 Å². The first-order chi connectivity index (χ1) is 10.2. The van der Waals surface area contributed by atoms with Crippen molar-refractivity contribution >= 4 is 5.69 Å². The van der Waals surface area contributed by atoms with E-state index in [1.54, 1.807) is 20.1 Å². The number of nitrogens with one attached hydrogen (secondary N) is 1. The van der Waals surface area contributed by atoms with Crippen molar-refractivity contribution in [2.75, 3.05) is 12.4 Å². The average Bonchev–Trinajstić information content (AvgIpc) is 2.46. The third-order valence-corrected chi connectivity index (χ3v) is 4.25. The number of benzene rings is 2. The maximum Gasteiger partial charge on any atom is 0.128 e. The Kier molecular flexibility index (Phi) is 3.82. The number of methoxy groups -OCH3 is 1. The average molecular weight is 285 g/mol. The zero-order valence-electron chi connectivity index (χ0n) is 12.4. The SMILES string of the molecule is COc1cccc(C2CC(Nc3ccc(C)c(F)c3)C2)c1. The summed E-state index contributed by atoms with van der Waals surface area (Å²) in [6.45, 7) is 1.78. The van der Waals surface area contributed by atoms with E-state index >= 15 is 0 Å². The van der Waals surface area contributed by atoms with E-state index in [2.05, 4.69) is 17.4 Å². The number of halogens is 1. The Morgan fingerprint density at radius 3 is 2.67 bits per heavy atom. The third kappa shape index (κ3) is 3.02. The van der Waals surface area contributed by atoms with Gasteiger partial charge in [0, 0.05) is 11.7 Å². The second kappa shape index (κ2) is 5.76. The Morgan fingerprint density at radius 1 is 1.14 bits per heavy atom. The van der Waals surface area contributed by atoms with Crippen molar-refractivity contribution in [3.8, 4) is 5.75 Å². The Hall–Kier alpha value is -2.03. The van der Waals surface area contributed by atoms with Gasteiger partial charge in [0.1, 0.15) is 11.6 Å². The maximum atomic E-state index is 13.5. The first kappa shape index (κ1) is 13.9. The molecule has 0 aromatic heterocycles. The van der Waals surface area contributed by atoms with Crippen LogP contribution in [-0.4, -0.2) is 13.2 Å². The summed E-state index contributed by atoms with van der Waals surface area (Å²) in [6, 6.07) is 14.0. The molecule has 1 saturated carbocycles. The number of ether oxygens (including phenoxy) is 1. The van der Waals surface area contributed by atoms with Crippen LogP contribution in [-0.2, 0) is 0 Å². The monoisotopic (exact) mass is 285 g/mol. The molecule has 0 radical (unpaired) electrons. The fourth-order valence-electron chi connectivity index (χ4n) is 2.82. The van der Waals surface area contributed by atoms with Gasteiger partial charge in [0.25, 0.3) is 0 Å². The Bertz CT molecular complexity index is 635. The molecule has 1 N–H and O–H groups in total. The van der Waals surface area contributed by atoms with Crippen LogP contribution in [0.2, 0.25) is 0 Å². The summed E-state index contributed by atoms with van der Waals surface area (Å²) in [5, 5.41) is 3.40. The molecule has 2 aromatic rings. The molecule has 3 heteroatoms. The lowest BCUT2D eigenvalue weighted by atomic mass is 9.75. The van der Waals surface area contributed by atoms with Gasteiger partial charge in [-0.3, -0.25) is 0 Å². The zero-order valence-corrected chi connectivity index (χ0v) is 12.4. The highest BCUT2D eigenvalue weighted by Gasteiger charge is 2.30. The van der Waals surface area contributed by atoms with Gasteiger partial charge in [-0.05, 0) is 61.1 Å². The van der Waals surface area contributed by atoms with Crippen LogP contribution >= 0.6 is 0 Å². The molecule has 0 amide bonds. The number of anilines is 1. The molecule has 0 heterocycles. The van der Waals surface area contributed by atoms with Crippen molar-refractivity contribution in [2.24, 2.45) is 0 Å². The quantitative estimate of drug-likeness (QED) is 0.893. The molecule has 0 aliphatic heterocycles. The van der Waals surface area contributed by atoms with Crippen molar-refractivity contribution in [1.29, 1.82) is 0 Å². The molecule has 0 atom stereocenters. The van der Waals surface area contributed by atoms with Gasteiger partial charge in [-0.2, -0.15) is 0 Å². The molecule has 0 spiro atoms. The van der Waals surface area contributed by atoms with Crippen molar-refractivity contribution < 1.29 is 9.13 Å². The van der Waals surface area contributed by atoms with Crippen LogP contribution in [0.3, 0.4) is 0 Å². The molecular weight excluding hydrogens is 265 g/mol. The van der Waals surface area contributed by atoms with E-state index in [0.717, 1.165) is 24.3 Å². The van der Waals surface area contributed by atoms with E-state index in [0.29, 0.717) is 17.5 Å². The summed E-state index contributed by atoms with van der Waals surface area (Å²) in [7, 11) is 1.69. The first-order valence-electron chi connectivity index (χ1n) is 7.32. The zero-order chi connectivity index (χ0) is 14.8. The molecule has 1 aliphatic rings. The molecule has 1 fully saturated rings. The largest absolute Gasteiger partial charge is 0.497 e. The van der Waals surface area contributed by atoms with E-state index < -0.39 is 0 Å². The molecule has 0 bridgehead atoms. The van der Waals surface area contributed by atoms with E-state index in [1.807, 2.05) is 24.3 Å². The van der Waals surface area contributed by atoms with Gasteiger partial charge in [0.05, 0.1) is 7.11 Å². The van der Waals surface area contributed by atoms with E-state index in [9.17, 15) is 4.39 Å². The van der Waals surface area contributed by atoms with E-state index in [-0.39, 0.29) is 5.82 Å².